The molecule has 29 heavy (non-hydrogen) atoms. The summed E-state index contributed by atoms with van der Waals surface area (Å²) in [6.07, 6.45) is -2.99. The van der Waals surface area contributed by atoms with Gasteiger partial charge in [-0.05, 0) is 39.2 Å². The number of rotatable bonds is 6. The topological polar surface area (TPSA) is 67.4 Å². The Kier molecular flexibility index (Phi) is 7.19. The predicted octanol–water partition coefficient (Wildman–Crippen LogP) is 4.68. The van der Waals surface area contributed by atoms with Crippen LogP contribution in [0, 0.1) is 0 Å². The van der Waals surface area contributed by atoms with Gasteiger partial charge in [0, 0.05) is 13.0 Å². The molecule has 1 atom stereocenters. The highest BCUT2D eigenvalue weighted by atomic mass is 19.4. The van der Waals surface area contributed by atoms with Crippen LogP contribution in [0.1, 0.15) is 64.4 Å². The fourth-order valence-electron chi connectivity index (χ4n) is 3.59. The number of amides is 2. The molecule has 2 N–H and O–H groups in total. The maximum absolute atomic E-state index is 13.5. The molecule has 0 heterocycles. The summed E-state index contributed by atoms with van der Waals surface area (Å²) in [5.74, 6) is -2.55. The minimum absolute atomic E-state index is 0.0579. The zero-order chi connectivity index (χ0) is 21.7. The largest absolute Gasteiger partial charge is 0.444 e. The molecule has 2 rings (SSSR count). The van der Waals surface area contributed by atoms with Gasteiger partial charge in [0.05, 0.1) is 11.5 Å². The van der Waals surface area contributed by atoms with Crippen molar-refractivity contribution in [3.63, 3.8) is 0 Å². The molecule has 1 unspecified atom stereocenters. The van der Waals surface area contributed by atoms with E-state index in [0.29, 0.717) is 12.8 Å². The van der Waals surface area contributed by atoms with Crippen LogP contribution in [0.4, 0.5) is 18.0 Å². The summed E-state index contributed by atoms with van der Waals surface area (Å²) in [6.45, 7) is 5.33. The summed E-state index contributed by atoms with van der Waals surface area (Å²) in [4.78, 5) is 24.5. The third-order valence-corrected chi connectivity index (χ3v) is 4.92. The first-order valence-corrected chi connectivity index (χ1v) is 9.80. The average molecular weight is 414 g/mol. The van der Waals surface area contributed by atoms with E-state index in [1.54, 1.807) is 26.8 Å². The number of hydrogen-bond donors (Lipinski definition) is 2. The van der Waals surface area contributed by atoms with Gasteiger partial charge in [0.15, 0.2) is 0 Å². The second-order valence-electron chi connectivity index (χ2n) is 8.60. The van der Waals surface area contributed by atoms with Gasteiger partial charge in [-0.2, -0.15) is 13.2 Å². The van der Waals surface area contributed by atoms with Gasteiger partial charge in [-0.25, -0.2) is 4.79 Å². The van der Waals surface area contributed by atoms with Crippen molar-refractivity contribution in [1.29, 1.82) is 0 Å². The Bertz CT molecular complexity index is 693. The normalized spacial score (nSPS) is 17.4. The lowest BCUT2D eigenvalue weighted by atomic mass is 9.92. The van der Waals surface area contributed by atoms with Crippen LogP contribution < -0.4 is 10.6 Å². The average Bonchev–Trinajstić information content (AvgIpc) is 3.05. The van der Waals surface area contributed by atoms with Crippen molar-refractivity contribution in [3.05, 3.63) is 35.9 Å². The van der Waals surface area contributed by atoms with Gasteiger partial charge >= 0.3 is 12.3 Å². The van der Waals surface area contributed by atoms with Crippen LogP contribution in [0.3, 0.4) is 0 Å². The van der Waals surface area contributed by atoms with Crippen LogP contribution in [0.25, 0.3) is 0 Å². The highest BCUT2D eigenvalue weighted by Gasteiger charge is 2.43. The zero-order valence-corrected chi connectivity index (χ0v) is 17.1. The molecule has 1 aromatic carbocycles. The Morgan fingerprint density at radius 1 is 1.10 bits per heavy atom. The molecule has 8 heteroatoms. The number of benzene rings is 1. The molecular formula is C21H29F3N2O3. The SMILES string of the molecule is CC(C)(C)OC(=O)NCC1(NC(=O)CC(c2ccccc2)C(F)(F)F)CCCC1. The van der Waals surface area contributed by atoms with E-state index in [1.165, 1.54) is 24.3 Å². The fraction of sp³-hybridized carbons (Fsp3) is 0.619. The summed E-state index contributed by atoms with van der Waals surface area (Å²) in [6, 6.07) is 7.43. The molecule has 1 aromatic rings. The number of halogens is 3. The molecule has 1 aliphatic rings. The maximum atomic E-state index is 13.5. The quantitative estimate of drug-likeness (QED) is 0.711. The molecule has 2 amide bonds. The van der Waals surface area contributed by atoms with Crippen molar-refractivity contribution in [2.45, 2.75) is 76.1 Å². The molecular weight excluding hydrogens is 385 g/mol. The number of alkyl halides is 3. The smallest absolute Gasteiger partial charge is 0.407 e. The Balaban J connectivity index is 2.03. The van der Waals surface area contributed by atoms with E-state index in [-0.39, 0.29) is 12.1 Å². The van der Waals surface area contributed by atoms with Crippen molar-refractivity contribution in [2.24, 2.45) is 0 Å². The van der Waals surface area contributed by atoms with E-state index < -0.39 is 41.7 Å². The molecule has 0 saturated heterocycles. The zero-order valence-electron chi connectivity index (χ0n) is 17.1. The second kappa shape index (κ2) is 9.05. The molecule has 0 spiro atoms. The summed E-state index contributed by atoms with van der Waals surface area (Å²) < 4.78 is 45.8. The van der Waals surface area contributed by atoms with Gasteiger partial charge in [0.1, 0.15) is 5.60 Å². The molecule has 1 saturated carbocycles. The van der Waals surface area contributed by atoms with Crippen LogP contribution in [-0.2, 0) is 9.53 Å². The number of hydrogen-bond acceptors (Lipinski definition) is 3. The Morgan fingerprint density at radius 2 is 1.69 bits per heavy atom. The van der Waals surface area contributed by atoms with Crippen molar-refractivity contribution in [1.82, 2.24) is 10.6 Å². The van der Waals surface area contributed by atoms with Crippen LogP contribution in [0.5, 0.6) is 0 Å². The summed E-state index contributed by atoms with van der Waals surface area (Å²) in [7, 11) is 0. The Hall–Kier alpha value is -2.25. The first kappa shape index (κ1) is 23.0. The van der Waals surface area contributed by atoms with Gasteiger partial charge in [-0.15, -0.1) is 0 Å². The van der Waals surface area contributed by atoms with Crippen LogP contribution in [-0.4, -0.2) is 35.9 Å². The van der Waals surface area contributed by atoms with Gasteiger partial charge in [0.25, 0.3) is 0 Å². The molecule has 1 aliphatic carbocycles. The third kappa shape index (κ3) is 7.25. The minimum atomic E-state index is -4.53. The molecule has 1 fully saturated rings. The van der Waals surface area contributed by atoms with E-state index >= 15 is 0 Å². The number of alkyl carbamates (subject to hydrolysis) is 1. The molecule has 0 aliphatic heterocycles. The van der Waals surface area contributed by atoms with E-state index in [0.717, 1.165) is 12.8 Å². The number of carbonyl (C=O) groups excluding carboxylic acids is 2. The first-order valence-electron chi connectivity index (χ1n) is 9.80. The van der Waals surface area contributed by atoms with Crippen LogP contribution >= 0.6 is 0 Å². The monoisotopic (exact) mass is 414 g/mol. The number of carbonyl (C=O) groups is 2. The molecule has 5 nitrogen and oxygen atoms in total. The number of ether oxygens (including phenoxy) is 1. The minimum Gasteiger partial charge on any atom is -0.444 e. The maximum Gasteiger partial charge on any atom is 0.407 e. The highest BCUT2D eigenvalue weighted by Crippen LogP contribution is 2.38. The summed E-state index contributed by atoms with van der Waals surface area (Å²) in [5.41, 5.74) is -1.35. The first-order chi connectivity index (χ1) is 13.4. The predicted molar refractivity (Wildman–Crippen MR) is 103 cm³/mol. The lowest BCUT2D eigenvalue weighted by molar-refractivity contribution is -0.157. The van der Waals surface area contributed by atoms with Gasteiger partial charge in [0.2, 0.25) is 5.91 Å². The van der Waals surface area contributed by atoms with E-state index in [9.17, 15) is 22.8 Å². The number of nitrogens with one attached hydrogen (secondary N) is 2. The fourth-order valence-corrected chi connectivity index (χ4v) is 3.59. The van der Waals surface area contributed by atoms with Crippen molar-refractivity contribution < 1.29 is 27.5 Å². The summed E-state index contributed by atoms with van der Waals surface area (Å²) in [5, 5.41) is 5.42. The second-order valence-corrected chi connectivity index (χ2v) is 8.60. The molecule has 0 radical (unpaired) electrons. The van der Waals surface area contributed by atoms with Crippen LogP contribution in [0.2, 0.25) is 0 Å². The van der Waals surface area contributed by atoms with Crippen molar-refractivity contribution in [3.8, 4) is 0 Å². The van der Waals surface area contributed by atoms with E-state index in [1.807, 2.05) is 0 Å². The third-order valence-electron chi connectivity index (χ3n) is 4.92. The van der Waals surface area contributed by atoms with Gasteiger partial charge in [-0.3, -0.25) is 4.79 Å². The van der Waals surface area contributed by atoms with Crippen LogP contribution in [0.15, 0.2) is 30.3 Å². The standard InChI is InChI=1S/C21H29F3N2O3/c1-19(2,3)29-18(28)25-14-20(11-7-8-12-20)26-17(27)13-16(21(22,23)24)15-9-5-4-6-10-15/h4-6,9-10,16H,7-8,11-14H2,1-3H3,(H,25,28)(H,26,27). The van der Waals surface area contributed by atoms with E-state index in [4.69, 9.17) is 4.74 Å². The summed E-state index contributed by atoms with van der Waals surface area (Å²) >= 11 is 0. The molecule has 0 bridgehead atoms. The lowest BCUT2D eigenvalue weighted by Crippen LogP contribution is -2.54. The van der Waals surface area contributed by atoms with Crippen molar-refractivity contribution in [2.75, 3.05) is 6.54 Å². The Morgan fingerprint density at radius 3 is 2.21 bits per heavy atom. The molecule has 0 aromatic heterocycles. The molecule has 162 valence electrons. The van der Waals surface area contributed by atoms with Gasteiger partial charge in [-0.1, -0.05) is 43.2 Å². The van der Waals surface area contributed by atoms with E-state index in [2.05, 4.69) is 10.6 Å². The van der Waals surface area contributed by atoms with Crippen molar-refractivity contribution >= 4 is 12.0 Å². The van der Waals surface area contributed by atoms with Gasteiger partial charge < -0.3 is 15.4 Å². The lowest BCUT2D eigenvalue weighted by Gasteiger charge is -2.32. The Labute approximate surface area is 169 Å². The highest BCUT2D eigenvalue weighted by molar-refractivity contribution is 5.78.